The van der Waals surface area contributed by atoms with Crippen LogP contribution in [0.25, 0.3) is 33.0 Å². The molecule has 234 valence electrons. The molecule has 0 N–H and O–H groups in total. The lowest BCUT2D eigenvalue weighted by Gasteiger charge is -2.61. The van der Waals surface area contributed by atoms with Crippen LogP contribution < -0.4 is 4.90 Å². The minimum absolute atomic E-state index is 0.0628. The van der Waals surface area contributed by atoms with Gasteiger partial charge in [0.1, 0.15) is 0 Å². The molecule has 6 aromatic rings. The van der Waals surface area contributed by atoms with E-state index in [0.717, 1.165) is 23.7 Å². The number of hydrogen-bond donors (Lipinski definition) is 0. The van der Waals surface area contributed by atoms with E-state index < -0.39 is 0 Å². The van der Waals surface area contributed by atoms with Crippen molar-refractivity contribution in [2.75, 3.05) is 4.90 Å². The van der Waals surface area contributed by atoms with Gasteiger partial charge < -0.3 is 4.90 Å². The first kappa shape index (κ1) is 27.3. The van der Waals surface area contributed by atoms with E-state index in [1.807, 2.05) is 0 Å². The molecule has 4 saturated carbocycles. The van der Waals surface area contributed by atoms with Crippen LogP contribution in [0.1, 0.15) is 68.2 Å². The summed E-state index contributed by atoms with van der Waals surface area (Å²) >= 11 is 0. The molecule has 48 heavy (non-hydrogen) atoms. The molecule has 1 nitrogen and oxygen atoms in total. The minimum Gasteiger partial charge on any atom is -0.310 e. The second kappa shape index (κ2) is 9.50. The summed E-state index contributed by atoms with van der Waals surface area (Å²) in [6.45, 7) is 4.79. The molecule has 0 atom stereocenters. The van der Waals surface area contributed by atoms with Gasteiger partial charge in [0.2, 0.25) is 0 Å². The van der Waals surface area contributed by atoms with Crippen molar-refractivity contribution in [3.8, 4) is 22.3 Å². The second-order valence-corrected chi connectivity index (χ2v) is 16.2. The van der Waals surface area contributed by atoms with Crippen LogP contribution in [-0.2, 0) is 10.8 Å². The van der Waals surface area contributed by atoms with Gasteiger partial charge in [-0.05, 0) is 136 Å². The Hall–Kier alpha value is -4.62. The van der Waals surface area contributed by atoms with E-state index in [9.17, 15) is 0 Å². The molecule has 6 aliphatic carbocycles. The van der Waals surface area contributed by atoms with Gasteiger partial charge in [0.15, 0.2) is 0 Å². The molecule has 4 bridgehead atoms. The number of anilines is 3. The number of hydrogen-bond acceptors (Lipinski definition) is 1. The van der Waals surface area contributed by atoms with Gasteiger partial charge in [-0.3, -0.25) is 0 Å². The molecular formula is C47H41N. The topological polar surface area (TPSA) is 3.24 Å². The van der Waals surface area contributed by atoms with Crippen LogP contribution in [0, 0.1) is 23.7 Å². The molecule has 12 rings (SSSR count). The van der Waals surface area contributed by atoms with E-state index >= 15 is 0 Å². The van der Waals surface area contributed by atoms with Gasteiger partial charge in [-0.25, -0.2) is 0 Å². The van der Waals surface area contributed by atoms with Crippen molar-refractivity contribution in [2.45, 2.75) is 56.8 Å². The first-order valence-electron chi connectivity index (χ1n) is 18.3. The highest BCUT2D eigenvalue weighted by Gasteiger charge is 2.61. The summed E-state index contributed by atoms with van der Waals surface area (Å²) in [5.74, 6) is 3.37. The summed E-state index contributed by atoms with van der Waals surface area (Å²) < 4.78 is 0. The van der Waals surface area contributed by atoms with Crippen LogP contribution in [0.2, 0.25) is 0 Å². The van der Waals surface area contributed by atoms with Crippen molar-refractivity contribution in [2.24, 2.45) is 23.7 Å². The maximum Gasteiger partial charge on any atom is 0.0543 e. The van der Waals surface area contributed by atoms with Gasteiger partial charge in [-0.1, -0.05) is 111 Å². The quantitative estimate of drug-likeness (QED) is 0.190. The monoisotopic (exact) mass is 619 g/mol. The van der Waals surface area contributed by atoms with Gasteiger partial charge in [0, 0.05) is 27.8 Å². The van der Waals surface area contributed by atoms with Crippen molar-refractivity contribution >= 4 is 27.8 Å². The maximum atomic E-state index is 2.59. The average Bonchev–Trinajstić information content (AvgIpc) is 3.54. The zero-order valence-electron chi connectivity index (χ0n) is 27.9. The Bertz CT molecular complexity index is 2280. The lowest BCUT2D eigenvalue weighted by molar-refractivity contribution is -0.0399. The van der Waals surface area contributed by atoms with Crippen LogP contribution >= 0.6 is 0 Å². The average molecular weight is 620 g/mol. The predicted octanol–water partition coefficient (Wildman–Crippen LogP) is 12.3. The molecular weight excluding hydrogens is 579 g/mol. The van der Waals surface area contributed by atoms with Gasteiger partial charge in [-0.15, -0.1) is 0 Å². The summed E-state index contributed by atoms with van der Waals surface area (Å²) in [6, 6.07) is 49.0. The smallest absolute Gasteiger partial charge is 0.0543 e. The van der Waals surface area contributed by atoms with Crippen molar-refractivity contribution in [1.82, 2.24) is 0 Å². The summed E-state index contributed by atoms with van der Waals surface area (Å²) in [6.07, 6.45) is 7.09. The highest BCUT2D eigenvalue weighted by molar-refractivity contribution is 5.98. The highest BCUT2D eigenvalue weighted by atomic mass is 15.1. The van der Waals surface area contributed by atoms with E-state index in [4.69, 9.17) is 0 Å². The fraction of sp³-hybridized carbons (Fsp3) is 0.277. The predicted molar refractivity (Wildman–Crippen MR) is 199 cm³/mol. The largest absolute Gasteiger partial charge is 0.310 e. The van der Waals surface area contributed by atoms with Crippen LogP contribution in [0.5, 0.6) is 0 Å². The molecule has 6 aromatic carbocycles. The first-order valence-corrected chi connectivity index (χ1v) is 18.3. The van der Waals surface area contributed by atoms with Crippen molar-refractivity contribution in [3.05, 3.63) is 150 Å². The molecule has 6 aliphatic rings. The normalized spacial score (nSPS) is 26.4. The molecule has 0 saturated heterocycles. The third-order valence-electron chi connectivity index (χ3n) is 13.6. The van der Waals surface area contributed by atoms with Gasteiger partial charge in [0.25, 0.3) is 0 Å². The molecule has 0 aliphatic heterocycles. The molecule has 0 aromatic heterocycles. The molecule has 0 unspecified atom stereocenters. The molecule has 1 spiro atoms. The molecule has 4 fully saturated rings. The van der Waals surface area contributed by atoms with Crippen LogP contribution in [0.3, 0.4) is 0 Å². The standard InChI is InChI=1S/C47H41N/c1-46(2)40-14-7-5-12-37(40)38-21-20-36(28-43(38)46)48(35-19-18-31-10-3-4-11-32(31)27-35)44-17-9-16-42-45(44)39-13-6-8-15-41(39)47(42)33-23-29-22-30(25-33)26-34(47)24-29/h3-21,27-30,33-34H,22-26H2,1-2H3/t29-,30?,33-,34-,47?/m1/s1. The van der Waals surface area contributed by atoms with Crippen LogP contribution in [0.15, 0.2) is 127 Å². The Morgan fingerprint density at radius 1 is 0.479 bits per heavy atom. The Morgan fingerprint density at radius 2 is 1.08 bits per heavy atom. The fourth-order valence-corrected chi connectivity index (χ4v) is 11.9. The lowest BCUT2D eigenvalue weighted by Crippen LogP contribution is -2.55. The van der Waals surface area contributed by atoms with Crippen molar-refractivity contribution < 1.29 is 0 Å². The second-order valence-electron chi connectivity index (χ2n) is 16.2. The number of fused-ring (bicyclic) bond motifs is 7. The highest BCUT2D eigenvalue weighted by Crippen LogP contribution is 2.70. The van der Waals surface area contributed by atoms with E-state index in [-0.39, 0.29) is 10.8 Å². The first-order chi connectivity index (χ1) is 23.5. The minimum atomic E-state index is -0.0628. The molecule has 1 heteroatoms. The van der Waals surface area contributed by atoms with E-state index in [2.05, 4.69) is 146 Å². The van der Waals surface area contributed by atoms with Gasteiger partial charge >= 0.3 is 0 Å². The molecule has 0 heterocycles. The summed E-state index contributed by atoms with van der Waals surface area (Å²) in [5, 5.41) is 2.56. The summed E-state index contributed by atoms with van der Waals surface area (Å²) in [5.41, 5.74) is 15.6. The van der Waals surface area contributed by atoms with E-state index in [1.54, 1.807) is 11.1 Å². The van der Waals surface area contributed by atoms with Gasteiger partial charge in [-0.2, -0.15) is 0 Å². The SMILES string of the molecule is CC1(C)c2ccccc2-c2ccc(N(c3ccc4ccccc4c3)c3cccc4c3-c3ccccc3C43[C@H]4CC5C[C@H](C4)C[C@@H]3C5)cc21. The molecule has 0 radical (unpaired) electrons. The summed E-state index contributed by atoms with van der Waals surface area (Å²) in [4.78, 5) is 2.59. The maximum absolute atomic E-state index is 2.59. The summed E-state index contributed by atoms with van der Waals surface area (Å²) in [7, 11) is 0. The third-order valence-corrected chi connectivity index (χ3v) is 13.6. The fourth-order valence-electron chi connectivity index (χ4n) is 11.9. The number of nitrogens with zero attached hydrogens (tertiary/aromatic N) is 1. The zero-order chi connectivity index (χ0) is 31.8. The Kier molecular flexibility index (Phi) is 5.41. The number of rotatable bonds is 3. The third kappa shape index (κ3) is 3.42. The van der Waals surface area contributed by atoms with Crippen LogP contribution in [-0.4, -0.2) is 0 Å². The van der Waals surface area contributed by atoms with E-state index in [0.29, 0.717) is 0 Å². The van der Waals surface area contributed by atoms with Gasteiger partial charge in [0.05, 0.1) is 5.69 Å². The Labute approximate surface area is 284 Å². The Balaban J connectivity index is 1.17. The lowest BCUT2D eigenvalue weighted by atomic mass is 9.43. The van der Waals surface area contributed by atoms with Crippen molar-refractivity contribution in [3.63, 3.8) is 0 Å². The van der Waals surface area contributed by atoms with Crippen molar-refractivity contribution in [1.29, 1.82) is 0 Å². The molecule has 0 amide bonds. The van der Waals surface area contributed by atoms with Crippen LogP contribution in [0.4, 0.5) is 17.1 Å². The Morgan fingerprint density at radius 3 is 1.88 bits per heavy atom. The zero-order valence-corrected chi connectivity index (χ0v) is 27.9. The van der Waals surface area contributed by atoms with E-state index in [1.165, 1.54) is 93.3 Å². The number of benzene rings is 6.